The monoisotopic (exact) mass is 429 g/mol. The van der Waals surface area contributed by atoms with Crippen LogP contribution in [-0.2, 0) is 6.42 Å². The largest absolute Gasteiger partial charge is 0.497 e. The van der Waals surface area contributed by atoms with Crippen molar-refractivity contribution in [3.8, 4) is 5.75 Å². The fraction of sp³-hybridized carbons (Fsp3) is 0.238. The van der Waals surface area contributed by atoms with Crippen molar-refractivity contribution >= 4 is 38.5 Å². The predicted octanol–water partition coefficient (Wildman–Crippen LogP) is 5.16. The fourth-order valence-electron chi connectivity index (χ4n) is 2.77. The van der Waals surface area contributed by atoms with Crippen molar-refractivity contribution in [3.63, 3.8) is 0 Å². The van der Waals surface area contributed by atoms with Crippen LogP contribution >= 0.6 is 15.9 Å². The van der Waals surface area contributed by atoms with Gasteiger partial charge >= 0.3 is 5.63 Å². The van der Waals surface area contributed by atoms with Crippen molar-refractivity contribution < 1.29 is 13.9 Å². The van der Waals surface area contributed by atoms with Crippen LogP contribution in [0, 0.1) is 0 Å². The Labute approximate surface area is 165 Å². The Bertz CT molecular complexity index is 1040. The molecule has 5 nitrogen and oxygen atoms in total. The Balaban J connectivity index is 1.87. The van der Waals surface area contributed by atoms with E-state index in [4.69, 9.17) is 9.15 Å². The number of carbonyl (C=O) groups excluding carboxylic acids is 1. The number of hydrogen-bond donors (Lipinski definition) is 1. The molecule has 0 bridgehead atoms. The number of carbonyl (C=O) groups is 1. The number of halogens is 1. The summed E-state index contributed by atoms with van der Waals surface area (Å²) in [5, 5.41) is 3.39. The molecule has 3 aromatic rings. The highest BCUT2D eigenvalue weighted by atomic mass is 79.9. The van der Waals surface area contributed by atoms with Crippen molar-refractivity contribution in [2.75, 3.05) is 12.4 Å². The third-order valence-corrected chi connectivity index (χ3v) is 4.94. The molecular formula is C21H20BrNO4. The van der Waals surface area contributed by atoms with E-state index in [1.54, 1.807) is 25.3 Å². The number of benzene rings is 2. The molecule has 2 aromatic carbocycles. The molecule has 27 heavy (non-hydrogen) atoms. The lowest BCUT2D eigenvalue weighted by Crippen LogP contribution is -2.20. The lowest BCUT2D eigenvalue weighted by atomic mass is 10.1. The molecule has 1 aromatic heterocycles. The summed E-state index contributed by atoms with van der Waals surface area (Å²) in [6.45, 7) is 2.15. The highest BCUT2D eigenvalue weighted by Gasteiger charge is 2.15. The van der Waals surface area contributed by atoms with Crippen molar-refractivity contribution in [3.05, 3.63) is 68.5 Å². The molecule has 1 heterocycles. The first-order valence-corrected chi connectivity index (χ1v) is 9.52. The summed E-state index contributed by atoms with van der Waals surface area (Å²) < 4.78 is 11.2. The molecule has 0 saturated heterocycles. The average Bonchev–Trinajstić information content (AvgIpc) is 2.67. The van der Waals surface area contributed by atoms with E-state index in [1.165, 1.54) is 11.6 Å². The molecule has 0 aliphatic rings. The van der Waals surface area contributed by atoms with Gasteiger partial charge in [-0.25, -0.2) is 4.79 Å². The molecule has 3 rings (SSSR count). The van der Waals surface area contributed by atoms with Crippen LogP contribution in [0.5, 0.6) is 5.75 Å². The summed E-state index contributed by atoms with van der Waals surface area (Å²) in [5.74, 6) is 0.101. The number of methoxy groups -OCH3 is 1. The quantitative estimate of drug-likeness (QED) is 0.549. The lowest BCUT2D eigenvalue weighted by molar-refractivity contribution is 0.102. The zero-order chi connectivity index (χ0) is 19.4. The number of amides is 1. The molecule has 0 radical (unpaired) electrons. The number of anilines is 1. The first-order valence-electron chi connectivity index (χ1n) is 8.73. The summed E-state index contributed by atoms with van der Waals surface area (Å²) in [4.78, 5) is 24.8. The summed E-state index contributed by atoms with van der Waals surface area (Å²) in [6.07, 6.45) is 3.22. The Kier molecular flexibility index (Phi) is 5.96. The van der Waals surface area contributed by atoms with E-state index < -0.39 is 11.5 Å². The van der Waals surface area contributed by atoms with Crippen molar-refractivity contribution in [1.29, 1.82) is 0 Å². The molecular weight excluding hydrogens is 410 g/mol. The van der Waals surface area contributed by atoms with Gasteiger partial charge < -0.3 is 14.5 Å². The van der Waals surface area contributed by atoms with E-state index in [1.807, 2.05) is 18.2 Å². The molecule has 0 atom stereocenters. The Hall–Kier alpha value is -2.60. The normalized spacial score (nSPS) is 10.8. The van der Waals surface area contributed by atoms with E-state index in [2.05, 4.69) is 28.2 Å². The van der Waals surface area contributed by atoms with Crippen LogP contribution in [-0.4, -0.2) is 13.0 Å². The molecule has 6 heteroatoms. The molecule has 0 saturated carbocycles. The second-order valence-corrected chi connectivity index (χ2v) is 7.08. The standard InChI is InChI=1S/C21H20BrNO4/c1-3-4-5-13-6-8-18(17(22)10-13)23-20(24)16-12-14-11-15(26-2)7-9-19(14)27-21(16)25/h6-12H,3-5H2,1-2H3,(H,23,24). The van der Waals surface area contributed by atoms with Gasteiger partial charge in [-0.3, -0.25) is 4.79 Å². The molecule has 0 fully saturated rings. The second kappa shape index (κ2) is 8.39. The van der Waals surface area contributed by atoms with Crippen LogP contribution in [0.2, 0.25) is 0 Å². The minimum Gasteiger partial charge on any atom is -0.497 e. The number of rotatable bonds is 6. The molecule has 140 valence electrons. The maximum atomic E-state index is 12.6. The first kappa shape index (κ1) is 19.2. The first-order chi connectivity index (χ1) is 13.0. The minimum atomic E-state index is -0.680. The number of unbranched alkanes of at least 4 members (excludes halogenated alkanes) is 1. The summed E-state index contributed by atoms with van der Waals surface area (Å²) in [5.41, 5.74) is 1.46. The van der Waals surface area contributed by atoms with Gasteiger partial charge in [0.15, 0.2) is 0 Å². The fourth-order valence-corrected chi connectivity index (χ4v) is 3.30. The predicted molar refractivity (Wildman–Crippen MR) is 110 cm³/mol. The smallest absolute Gasteiger partial charge is 0.349 e. The molecule has 0 spiro atoms. The molecule has 1 amide bonds. The van der Waals surface area contributed by atoms with Crippen LogP contribution < -0.4 is 15.7 Å². The van der Waals surface area contributed by atoms with Gasteiger partial charge in [-0.15, -0.1) is 0 Å². The van der Waals surface area contributed by atoms with Crippen LogP contribution in [0.3, 0.4) is 0 Å². The van der Waals surface area contributed by atoms with Crippen LogP contribution in [0.1, 0.15) is 35.7 Å². The lowest BCUT2D eigenvalue weighted by Gasteiger charge is -2.09. The van der Waals surface area contributed by atoms with E-state index in [0.29, 0.717) is 22.4 Å². The van der Waals surface area contributed by atoms with Crippen molar-refractivity contribution in [2.24, 2.45) is 0 Å². The van der Waals surface area contributed by atoms with E-state index in [-0.39, 0.29) is 5.56 Å². The van der Waals surface area contributed by atoms with Crippen LogP contribution in [0.25, 0.3) is 11.0 Å². The highest BCUT2D eigenvalue weighted by Crippen LogP contribution is 2.25. The summed E-state index contributed by atoms with van der Waals surface area (Å²) in [7, 11) is 1.55. The molecule has 0 unspecified atom stereocenters. The second-order valence-electron chi connectivity index (χ2n) is 6.22. The maximum absolute atomic E-state index is 12.6. The van der Waals surface area contributed by atoms with Gasteiger partial charge in [0.1, 0.15) is 16.9 Å². The Morgan fingerprint density at radius 1 is 1.19 bits per heavy atom. The molecule has 1 N–H and O–H groups in total. The van der Waals surface area contributed by atoms with Crippen LogP contribution in [0.4, 0.5) is 5.69 Å². The minimum absolute atomic E-state index is 0.0577. The average molecular weight is 430 g/mol. The number of ether oxygens (including phenoxy) is 1. The van der Waals surface area contributed by atoms with Crippen molar-refractivity contribution in [2.45, 2.75) is 26.2 Å². The third kappa shape index (κ3) is 4.39. The van der Waals surface area contributed by atoms with Gasteiger partial charge in [0.25, 0.3) is 5.91 Å². The van der Waals surface area contributed by atoms with Crippen molar-refractivity contribution in [1.82, 2.24) is 0 Å². The van der Waals surface area contributed by atoms with E-state index in [9.17, 15) is 9.59 Å². The third-order valence-electron chi connectivity index (χ3n) is 4.28. The van der Waals surface area contributed by atoms with Gasteiger partial charge in [-0.1, -0.05) is 19.4 Å². The zero-order valence-corrected chi connectivity index (χ0v) is 16.8. The summed E-state index contributed by atoms with van der Waals surface area (Å²) >= 11 is 3.48. The van der Waals surface area contributed by atoms with E-state index in [0.717, 1.165) is 23.7 Å². The van der Waals surface area contributed by atoms with Gasteiger partial charge in [0.2, 0.25) is 0 Å². The molecule has 0 aliphatic carbocycles. The molecule has 0 aliphatic heterocycles. The van der Waals surface area contributed by atoms with Gasteiger partial charge in [-0.05, 0) is 70.7 Å². The Morgan fingerprint density at radius 2 is 2.00 bits per heavy atom. The number of hydrogen-bond acceptors (Lipinski definition) is 4. The maximum Gasteiger partial charge on any atom is 0.349 e. The zero-order valence-electron chi connectivity index (χ0n) is 15.2. The topological polar surface area (TPSA) is 68.5 Å². The number of aryl methyl sites for hydroxylation is 1. The van der Waals surface area contributed by atoms with Gasteiger partial charge in [-0.2, -0.15) is 0 Å². The van der Waals surface area contributed by atoms with Gasteiger partial charge in [0.05, 0.1) is 12.8 Å². The van der Waals surface area contributed by atoms with Crippen LogP contribution in [0.15, 0.2) is 56.1 Å². The van der Waals surface area contributed by atoms with Gasteiger partial charge in [0, 0.05) is 9.86 Å². The van der Waals surface area contributed by atoms with E-state index >= 15 is 0 Å². The highest BCUT2D eigenvalue weighted by molar-refractivity contribution is 9.10. The number of fused-ring (bicyclic) bond motifs is 1. The Morgan fingerprint density at radius 3 is 2.70 bits per heavy atom. The summed E-state index contributed by atoms with van der Waals surface area (Å²) in [6, 6.07) is 12.4. The number of nitrogens with one attached hydrogen (secondary N) is 1. The SMILES string of the molecule is CCCCc1ccc(NC(=O)c2cc3cc(OC)ccc3oc2=O)c(Br)c1.